The Morgan fingerprint density at radius 2 is 2.33 bits per heavy atom. The van der Waals surface area contributed by atoms with Crippen LogP contribution in [0.3, 0.4) is 0 Å². The van der Waals surface area contributed by atoms with E-state index in [0.717, 1.165) is 6.42 Å². The topological polar surface area (TPSA) is 84.7 Å². The van der Waals surface area contributed by atoms with Gasteiger partial charge in [-0.3, -0.25) is 14.9 Å². The Labute approximate surface area is 123 Å². The van der Waals surface area contributed by atoms with E-state index in [0.29, 0.717) is 30.9 Å². The highest BCUT2D eigenvalue weighted by molar-refractivity contribution is 5.95. The second-order valence-corrected chi connectivity index (χ2v) is 4.89. The zero-order chi connectivity index (χ0) is 15.4. The summed E-state index contributed by atoms with van der Waals surface area (Å²) < 4.78 is 5.53. The molecule has 1 saturated heterocycles. The fraction of sp³-hybridized carbons (Fsp3) is 0.500. The lowest BCUT2D eigenvalue weighted by atomic mass is 10.1. The molecule has 1 heterocycles. The molecule has 0 radical (unpaired) electrons. The second-order valence-electron chi connectivity index (χ2n) is 4.89. The van der Waals surface area contributed by atoms with Gasteiger partial charge < -0.3 is 15.0 Å². The van der Waals surface area contributed by atoms with Gasteiger partial charge in [0.15, 0.2) is 0 Å². The molecule has 1 aliphatic heterocycles. The van der Waals surface area contributed by atoms with Crippen LogP contribution in [0.2, 0.25) is 0 Å². The quantitative estimate of drug-likeness (QED) is 0.677. The monoisotopic (exact) mass is 293 g/mol. The fourth-order valence-corrected chi connectivity index (χ4v) is 2.36. The molecule has 0 aromatic heterocycles. The zero-order valence-corrected chi connectivity index (χ0v) is 12.2. The largest absolute Gasteiger partial charge is 0.383 e. The Balaban J connectivity index is 2.23. The second kappa shape index (κ2) is 6.53. The van der Waals surface area contributed by atoms with E-state index >= 15 is 0 Å². The number of nitrogens with one attached hydrogen (secondary N) is 1. The van der Waals surface area contributed by atoms with Crippen LogP contribution in [-0.2, 0) is 4.74 Å². The Bertz CT molecular complexity index is 547. The van der Waals surface area contributed by atoms with Crippen LogP contribution in [-0.4, -0.2) is 48.6 Å². The number of anilines is 1. The van der Waals surface area contributed by atoms with Crippen LogP contribution in [0.15, 0.2) is 18.2 Å². The van der Waals surface area contributed by atoms with E-state index in [-0.39, 0.29) is 17.7 Å². The average Bonchev–Trinajstić information content (AvgIpc) is 2.53. The third kappa shape index (κ3) is 3.30. The van der Waals surface area contributed by atoms with Gasteiger partial charge in [-0.15, -0.1) is 0 Å². The van der Waals surface area contributed by atoms with Crippen molar-refractivity contribution < 1.29 is 14.5 Å². The molecule has 1 amide bonds. The summed E-state index contributed by atoms with van der Waals surface area (Å²) in [5.74, 6) is -0.192. The number of carbonyl (C=O) groups is 1. The Kier molecular flexibility index (Phi) is 4.74. The normalized spacial score (nSPS) is 18.4. The number of rotatable bonds is 4. The molecule has 114 valence electrons. The number of hydrogen-bond donors (Lipinski definition) is 1. The van der Waals surface area contributed by atoms with Gasteiger partial charge in [-0.25, -0.2) is 0 Å². The van der Waals surface area contributed by atoms with Gasteiger partial charge in [-0.2, -0.15) is 0 Å². The maximum atomic E-state index is 12.5. The minimum Gasteiger partial charge on any atom is -0.383 e. The highest BCUT2D eigenvalue weighted by atomic mass is 16.6. The molecule has 0 spiro atoms. The van der Waals surface area contributed by atoms with Crippen molar-refractivity contribution in [2.24, 2.45) is 0 Å². The summed E-state index contributed by atoms with van der Waals surface area (Å²) in [7, 11) is 1.61. The fourth-order valence-electron chi connectivity index (χ4n) is 2.36. The smallest absolute Gasteiger partial charge is 0.293 e. The van der Waals surface area contributed by atoms with E-state index in [1.807, 2.05) is 6.92 Å². The van der Waals surface area contributed by atoms with Crippen molar-refractivity contribution in [2.45, 2.75) is 19.4 Å². The van der Waals surface area contributed by atoms with Crippen molar-refractivity contribution >= 4 is 17.3 Å². The molecule has 1 atom stereocenters. The van der Waals surface area contributed by atoms with Crippen molar-refractivity contribution in [1.82, 2.24) is 4.90 Å². The Morgan fingerprint density at radius 3 is 2.95 bits per heavy atom. The van der Waals surface area contributed by atoms with Crippen LogP contribution in [0.4, 0.5) is 11.4 Å². The lowest BCUT2D eigenvalue weighted by molar-refractivity contribution is -0.384. The first-order valence-electron chi connectivity index (χ1n) is 6.93. The van der Waals surface area contributed by atoms with E-state index in [9.17, 15) is 14.9 Å². The molecule has 1 aromatic carbocycles. The van der Waals surface area contributed by atoms with Crippen molar-refractivity contribution in [2.75, 3.05) is 32.1 Å². The zero-order valence-electron chi connectivity index (χ0n) is 12.2. The molecular formula is C14H19N3O4. The third-order valence-electron chi connectivity index (χ3n) is 3.59. The highest BCUT2D eigenvalue weighted by Gasteiger charge is 2.25. The summed E-state index contributed by atoms with van der Waals surface area (Å²) in [6.45, 7) is 3.54. The number of nitro benzene ring substituents is 1. The molecular weight excluding hydrogens is 274 g/mol. The lowest BCUT2D eigenvalue weighted by Gasteiger charge is -2.32. The number of amides is 1. The molecule has 1 unspecified atom stereocenters. The average molecular weight is 293 g/mol. The summed E-state index contributed by atoms with van der Waals surface area (Å²) in [5, 5.41) is 13.8. The van der Waals surface area contributed by atoms with Gasteiger partial charge in [0.2, 0.25) is 0 Å². The molecule has 0 saturated carbocycles. The lowest BCUT2D eigenvalue weighted by Crippen LogP contribution is -2.45. The molecule has 1 aliphatic rings. The van der Waals surface area contributed by atoms with E-state index < -0.39 is 4.92 Å². The predicted octanol–water partition coefficient (Wildman–Crippen LogP) is 1.89. The summed E-state index contributed by atoms with van der Waals surface area (Å²) in [5.41, 5.74) is 0.631. The van der Waals surface area contributed by atoms with Crippen LogP contribution in [0.5, 0.6) is 0 Å². The van der Waals surface area contributed by atoms with E-state index in [1.165, 1.54) is 6.07 Å². The van der Waals surface area contributed by atoms with Gasteiger partial charge in [-0.1, -0.05) is 6.92 Å². The molecule has 7 nitrogen and oxygen atoms in total. The first kappa shape index (κ1) is 15.2. The van der Waals surface area contributed by atoms with Crippen LogP contribution in [0.1, 0.15) is 23.7 Å². The van der Waals surface area contributed by atoms with Gasteiger partial charge in [0.1, 0.15) is 5.69 Å². The molecule has 2 rings (SSSR count). The summed E-state index contributed by atoms with van der Waals surface area (Å²) >= 11 is 0. The standard InChI is InChI=1S/C14H19N3O4/c1-3-11-9-16(6-7-21-11)14(18)10-4-5-12(15-2)13(8-10)17(19)20/h4-5,8,11,15H,3,6-7,9H2,1-2H3. The van der Waals surface area contributed by atoms with Gasteiger partial charge in [0, 0.05) is 31.8 Å². The SMILES string of the molecule is CCC1CN(C(=O)c2ccc(NC)c([N+](=O)[O-])c2)CCO1. The van der Waals surface area contributed by atoms with E-state index in [4.69, 9.17) is 4.74 Å². The number of nitrogens with zero attached hydrogens (tertiary/aromatic N) is 2. The summed E-state index contributed by atoms with van der Waals surface area (Å²) in [4.78, 5) is 24.7. The number of morpholine rings is 1. The minimum atomic E-state index is -0.489. The predicted molar refractivity (Wildman–Crippen MR) is 78.6 cm³/mol. The van der Waals surface area contributed by atoms with Crippen molar-refractivity contribution in [3.8, 4) is 0 Å². The Morgan fingerprint density at radius 1 is 1.57 bits per heavy atom. The number of ether oxygens (including phenoxy) is 1. The van der Waals surface area contributed by atoms with Crippen LogP contribution >= 0.6 is 0 Å². The van der Waals surface area contributed by atoms with E-state index in [2.05, 4.69) is 5.32 Å². The van der Waals surface area contributed by atoms with Crippen molar-refractivity contribution in [1.29, 1.82) is 0 Å². The maximum absolute atomic E-state index is 12.5. The summed E-state index contributed by atoms with van der Waals surface area (Å²) in [6, 6.07) is 4.49. The molecule has 21 heavy (non-hydrogen) atoms. The minimum absolute atomic E-state index is 0.0364. The first-order chi connectivity index (χ1) is 10.1. The number of hydrogen-bond acceptors (Lipinski definition) is 5. The number of benzene rings is 1. The van der Waals surface area contributed by atoms with Crippen LogP contribution in [0, 0.1) is 10.1 Å². The van der Waals surface area contributed by atoms with Gasteiger partial charge in [0.05, 0.1) is 17.6 Å². The first-order valence-corrected chi connectivity index (χ1v) is 6.93. The van der Waals surface area contributed by atoms with Gasteiger partial charge >= 0.3 is 0 Å². The van der Waals surface area contributed by atoms with Crippen molar-refractivity contribution in [3.63, 3.8) is 0 Å². The number of carbonyl (C=O) groups excluding carboxylic acids is 1. The maximum Gasteiger partial charge on any atom is 0.293 e. The molecule has 0 bridgehead atoms. The molecule has 7 heteroatoms. The molecule has 1 N–H and O–H groups in total. The molecule has 1 fully saturated rings. The molecule has 1 aromatic rings. The van der Waals surface area contributed by atoms with Crippen LogP contribution < -0.4 is 5.32 Å². The van der Waals surface area contributed by atoms with Crippen LogP contribution in [0.25, 0.3) is 0 Å². The van der Waals surface area contributed by atoms with Gasteiger partial charge in [0.25, 0.3) is 11.6 Å². The Hall–Kier alpha value is -2.15. The third-order valence-corrected chi connectivity index (χ3v) is 3.59. The number of nitro groups is 1. The highest BCUT2D eigenvalue weighted by Crippen LogP contribution is 2.26. The van der Waals surface area contributed by atoms with E-state index in [1.54, 1.807) is 24.1 Å². The summed E-state index contributed by atoms with van der Waals surface area (Å²) in [6.07, 6.45) is 0.872. The van der Waals surface area contributed by atoms with Gasteiger partial charge in [-0.05, 0) is 18.6 Å². The molecule has 0 aliphatic carbocycles. The van der Waals surface area contributed by atoms with Crippen molar-refractivity contribution in [3.05, 3.63) is 33.9 Å².